The molecule has 3 nitrogen and oxygen atoms in total. The Balaban J connectivity index is 2.21. The molecule has 1 spiro atoms. The van der Waals surface area contributed by atoms with Gasteiger partial charge in [-0.1, -0.05) is 6.92 Å². The van der Waals surface area contributed by atoms with Crippen molar-refractivity contribution < 1.29 is 9.53 Å². The van der Waals surface area contributed by atoms with Gasteiger partial charge in [-0.05, 0) is 19.3 Å². The lowest BCUT2D eigenvalue weighted by Gasteiger charge is -2.13. The number of carbonyl (C=O) groups is 1. The van der Waals surface area contributed by atoms with Gasteiger partial charge in [-0.25, -0.2) is 4.79 Å². The van der Waals surface area contributed by atoms with Crippen LogP contribution in [0.15, 0.2) is 4.99 Å². The Hall–Kier alpha value is -0.510. The summed E-state index contributed by atoms with van der Waals surface area (Å²) >= 11 is 1.74. The molecule has 0 bridgehead atoms. The molecular formula is C9H13NO2S. The molecule has 2 rings (SSSR count). The molecule has 0 saturated heterocycles. The minimum atomic E-state index is -0.252. The zero-order valence-electron chi connectivity index (χ0n) is 8.03. The summed E-state index contributed by atoms with van der Waals surface area (Å²) in [7, 11) is 1.43. The van der Waals surface area contributed by atoms with Gasteiger partial charge >= 0.3 is 5.97 Å². The maximum atomic E-state index is 11.4. The second-order valence-corrected chi connectivity index (χ2v) is 5.29. The van der Waals surface area contributed by atoms with Gasteiger partial charge < -0.3 is 4.74 Å². The third kappa shape index (κ3) is 1.19. The van der Waals surface area contributed by atoms with Crippen LogP contribution in [0.4, 0.5) is 0 Å². The van der Waals surface area contributed by atoms with Gasteiger partial charge in [-0.15, -0.1) is 11.8 Å². The number of nitrogens with zero attached hydrogens (tertiary/aromatic N) is 1. The van der Waals surface area contributed by atoms with Crippen LogP contribution < -0.4 is 0 Å². The molecule has 1 heterocycles. The summed E-state index contributed by atoms with van der Waals surface area (Å²) in [4.78, 5) is 15.7. The zero-order chi connectivity index (χ0) is 9.64. The minimum Gasteiger partial charge on any atom is -0.467 e. The molecule has 4 heteroatoms. The number of aliphatic imine (C=N–C) groups is 1. The largest absolute Gasteiger partial charge is 0.467 e. The molecule has 1 aliphatic heterocycles. The van der Waals surface area contributed by atoms with Crippen LogP contribution in [-0.2, 0) is 9.53 Å². The number of esters is 1. The maximum absolute atomic E-state index is 11.4. The smallest absolute Gasteiger partial charge is 0.332 e. The molecule has 0 aromatic carbocycles. The highest BCUT2D eigenvalue weighted by atomic mass is 32.2. The lowest BCUT2D eigenvalue weighted by atomic mass is 10.1. The fourth-order valence-electron chi connectivity index (χ4n) is 1.96. The number of hydrogen-bond donors (Lipinski definition) is 0. The van der Waals surface area contributed by atoms with E-state index >= 15 is 0 Å². The molecule has 0 amide bonds. The van der Waals surface area contributed by atoms with E-state index in [1.807, 2.05) is 6.92 Å². The Labute approximate surface area is 81.9 Å². The number of hydrogen-bond acceptors (Lipinski definition) is 4. The summed E-state index contributed by atoms with van der Waals surface area (Å²) in [5, 5.41) is 1.01. The Bertz CT molecular complexity index is 289. The Morgan fingerprint density at radius 3 is 2.85 bits per heavy atom. The van der Waals surface area contributed by atoms with Crippen molar-refractivity contribution in [2.24, 2.45) is 10.9 Å². The highest BCUT2D eigenvalue weighted by Gasteiger charge is 2.63. The van der Waals surface area contributed by atoms with Gasteiger partial charge in [0.1, 0.15) is 0 Å². The van der Waals surface area contributed by atoms with Crippen LogP contribution in [-0.4, -0.2) is 28.9 Å². The van der Waals surface area contributed by atoms with Gasteiger partial charge in [0.2, 0.25) is 0 Å². The standard InChI is InChI=1S/C9H13NO2S/c1-5-4-9(5)7(8(11)12-3)10-6(2)13-9/h5,7H,4H2,1-3H3. The van der Waals surface area contributed by atoms with E-state index in [0.29, 0.717) is 5.92 Å². The van der Waals surface area contributed by atoms with Gasteiger partial charge in [-0.2, -0.15) is 0 Å². The normalized spacial score (nSPS) is 41.9. The summed E-state index contributed by atoms with van der Waals surface area (Å²) in [5.41, 5.74) is 0. The van der Waals surface area contributed by atoms with Crippen molar-refractivity contribution in [1.29, 1.82) is 0 Å². The third-order valence-electron chi connectivity index (χ3n) is 2.84. The summed E-state index contributed by atoms with van der Waals surface area (Å²) in [6, 6.07) is -0.252. The van der Waals surface area contributed by atoms with Crippen LogP contribution in [0.25, 0.3) is 0 Å². The Kier molecular flexibility index (Phi) is 1.91. The molecular weight excluding hydrogens is 186 g/mol. The molecule has 72 valence electrons. The molecule has 3 atom stereocenters. The summed E-state index contributed by atoms with van der Waals surface area (Å²) in [6.07, 6.45) is 1.08. The molecule has 0 N–H and O–H groups in total. The van der Waals surface area contributed by atoms with Crippen molar-refractivity contribution in [3.8, 4) is 0 Å². The van der Waals surface area contributed by atoms with Crippen molar-refractivity contribution in [3.05, 3.63) is 0 Å². The average molecular weight is 199 g/mol. The summed E-state index contributed by atoms with van der Waals surface area (Å²) in [5.74, 6) is 0.400. The molecule has 1 fully saturated rings. The maximum Gasteiger partial charge on any atom is 0.332 e. The second-order valence-electron chi connectivity index (χ2n) is 3.74. The number of ether oxygens (including phenoxy) is 1. The first kappa shape index (κ1) is 9.06. The van der Waals surface area contributed by atoms with E-state index in [2.05, 4.69) is 11.9 Å². The van der Waals surface area contributed by atoms with Crippen molar-refractivity contribution in [1.82, 2.24) is 0 Å². The molecule has 13 heavy (non-hydrogen) atoms. The average Bonchev–Trinajstić information content (AvgIpc) is 2.56. The SMILES string of the molecule is COC(=O)C1N=C(C)SC12CC2C. The minimum absolute atomic E-state index is 0.0528. The van der Waals surface area contributed by atoms with Gasteiger partial charge in [0.15, 0.2) is 6.04 Å². The fraction of sp³-hybridized carbons (Fsp3) is 0.778. The predicted octanol–water partition coefficient (Wildman–Crippen LogP) is 1.47. The molecule has 3 unspecified atom stereocenters. The number of carbonyl (C=O) groups excluding carboxylic acids is 1. The van der Waals surface area contributed by atoms with E-state index < -0.39 is 0 Å². The molecule has 2 aliphatic rings. The first-order valence-corrected chi connectivity index (χ1v) is 5.23. The first-order valence-electron chi connectivity index (χ1n) is 4.41. The van der Waals surface area contributed by atoms with Gasteiger partial charge in [0.05, 0.1) is 16.9 Å². The van der Waals surface area contributed by atoms with Crippen molar-refractivity contribution in [3.63, 3.8) is 0 Å². The van der Waals surface area contributed by atoms with E-state index in [1.54, 1.807) is 11.8 Å². The monoisotopic (exact) mass is 199 g/mol. The number of methoxy groups -OCH3 is 1. The van der Waals surface area contributed by atoms with E-state index in [0.717, 1.165) is 11.5 Å². The van der Waals surface area contributed by atoms with Crippen molar-refractivity contribution >= 4 is 22.8 Å². The number of rotatable bonds is 1. The van der Waals surface area contributed by atoms with Crippen molar-refractivity contribution in [2.45, 2.75) is 31.1 Å². The van der Waals surface area contributed by atoms with Crippen LogP contribution in [0.2, 0.25) is 0 Å². The highest BCUT2D eigenvalue weighted by molar-refractivity contribution is 8.15. The number of thioether (sulfide) groups is 1. The third-order valence-corrected chi connectivity index (χ3v) is 4.41. The summed E-state index contributed by atoms with van der Waals surface area (Å²) in [6.45, 7) is 4.12. The van der Waals surface area contributed by atoms with Gasteiger partial charge in [0.25, 0.3) is 0 Å². The molecule has 0 aromatic heterocycles. The fourth-order valence-corrected chi connectivity index (χ4v) is 3.46. The lowest BCUT2D eigenvalue weighted by molar-refractivity contribution is -0.142. The highest BCUT2D eigenvalue weighted by Crippen LogP contribution is 2.60. The Morgan fingerprint density at radius 1 is 1.77 bits per heavy atom. The molecule has 0 aromatic rings. The molecule has 0 radical (unpaired) electrons. The molecule has 1 aliphatic carbocycles. The summed E-state index contributed by atoms with van der Waals surface area (Å²) < 4.78 is 4.80. The van der Waals surface area contributed by atoms with E-state index in [1.165, 1.54) is 7.11 Å². The van der Waals surface area contributed by atoms with E-state index in [-0.39, 0.29) is 16.8 Å². The predicted molar refractivity (Wildman–Crippen MR) is 53.0 cm³/mol. The lowest BCUT2D eigenvalue weighted by Crippen LogP contribution is -2.31. The van der Waals surface area contributed by atoms with E-state index in [4.69, 9.17) is 4.74 Å². The van der Waals surface area contributed by atoms with Gasteiger partial charge in [0, 0.05) is 0 Å². The topological polar surface area (TPSA) is 38.7 Å². The van der Waals surface area contributed by atoms with Crippen LogP contribution in [0.1, 0.15) is 20.3 Å². The van der Waals surface area contributed by atoms with E-state index in [9.17, 15) is 4.79 Å². The van der Waals surface area contributed by atoms with Gasteiger partial charge in [-0.3, -0.25) is 4.99 Å². The quantitative estimate of drug-likeness (QED) is 0.600. The Morgan fingerprint density at radius 2 is 2.38 bits per heavy atom. The zero-order valence-corrected chi connectivity index (χ0v) is 8.85. The first-order chi connectivity index (χ1) is 6.10. The second kappa shape index (κ2) is 2.74. The molecule has 1 saturated carbocycles. The van der Waals surface area contributed by atoms with Crippen LogP contribution in [0.5, 0.6) is 0 Å². The van der Waals surface area contributed by atoms with Crippen LogP contribution in [0.3, 0.4) is 0 Å². The van der Waals surface area contributed by atoms with Crippen molar-refractivity contribution in [2.75, 3.05) is 7.11 Å². The van der Waals surface area contributed by atoms with Crippen LogP contribution >= 0.6 is 11.8 Å². The van der Waals surface area contributed by atoms with Crippen LogP contribution in [0, 0.1) is 5.92 Å².